The van der Waals surface area contributed by atoms with Gasteiger partial charge in [-0.2, -0.15) is 5.10 Å². The number of urea groups is 1. The Bertz CT molecular complexity index is 786. The predicted molar refractivity (Wildman–Crippen MR) is 89.7 cm³/mol. The molecule has 0 spiro atoms. The molecule has 0 saturated heterocycles. The Labute approximate surface area is 138 Å². The zero-order valence-corrected chi connectivity index (χ0v) is 12.9. The third-order valence-electron chi connectivity index (χ3n) is 3.15. The average molecular weight is 328 g/mol. The minimum Gasteiger partial charge on any atom is -0.308 e. The number of amides is 2. The van der Waals surface area contributed by atoms with Gasteiger partial charge in [-0.15, -0.1) is 0 Å². The molecule has 0 radical (unpaired) electrons. The number of halogens is 1. The van der Waals surface area contributed by atoms with Crippen molar-refractivity contribution in [2.45, 2.75) is 6.54 Å². The lowest BCUT2D eigenvalue weighted by Crippen LogP contribution is -2.19. The van der Waals surface area contributed by atoms with E-state index in [1.807, 2.05) is 24.3 Å². The van der Waals surface area contributed by atoms with Crippen LogP contribution in [0.15, 0.2) is 61.2 Å². The van der Waals surface area contributed by atoms with Crippen LogP contribution < -0.4 is 10.6 Å². The van der Waals surface area contributed by atoms with E-state index >= 15 is 0 Å². The van der Waals surface area contributed by atoms with Crippen molar-refractivity contribution in [2.75, 3.05) is 10.6 Å². The molecule has 1 heterocycles. The van der Waals surface area contributed by atoms with Crippen LogP contribution >= 0.6 is 11.6 Å². The standard InChI is InChI=1S/C16H14ClN5O/c17-14-3-1-2-4-15(14)21-16(23)20-13-7-5-12(6-8-13)9-22-11-18-10-19-22/h1-8,10-11H,9H2,(H2,20,21,23). The van der Waals surface area contributed by atoms with E-state index in [2.05, 4.69) is 20.7 Å². The van der Waals surface area contributed by atoms with Gasteiger partial charge < -0.3 is 10.6 Å². The second-order valence-corrected chi connectivity index (χ2v) is 5.26. The van der Waals surface area contributed by atoms with E-state index in [1.165, 1.54) is 6.33 Å². The fraction of sp³-hybridized carbons (Fsp3) is 0.0625. The number of benzene rings is 2. The van der Waals surface area contributed by atoms with Gasteiger partial charge in [0.25, 0.3) is 0 Å². The maximum atomic E-state index is 12.0. The predicted octanol–water partition coefficient (Wildman–Crippen LogP) is 3.62. The van der Waals surface area contributed by atoms with Crippen LogP contribution in [0.4, 0.5) is 16.2 Å². The molecule has 1 aromatic heterocycles. The molecule has 6 nitrogen and oxygen atoms in total. The van der Waals surface area contributed by atoms with Crippen molar-refractivity contribution >= 4 is 29.0 Å². The van der Waals surface area contributed by atoms with Gasteiger partial charge in [-0.25, -0.2) is 14.5 Å². The number of carbonyl (C=O) groups excluding carboxylic acids is 1. The van der Waals surface area contributed by atoms with Gasteiger partial charge in [0.05, 0.1) is 17.3 Å². The number of para-hydroxylation sites is 1. The Morgan fingerprint density at radius 2 is 1.87 bits per heavy atom. The molecule has 0 saturated carbocycles. The molecule has 7 heteroatoms. The molecule has 2 amide bonds. The van der Waals surface area contributed by atoms with E-state index in [4.69, 9.17) is 11.6 Å². The first-order chi connectivity index (χ1) is 11.2. The highest BCUT2D eigenvalue weighted by atomic mass is 35.5. The molecule has 3 aromatic rings. The zero-order chi connectivity index (χ0) is 16.1. The molecule has 0 unspecified atom stereocenters. The fourth-order valence-electron chi connectivity index (χ4n) is 2.04. The number of nitrogens with zero attached hydrogens (tertiary/aromatic N) is 3. The third-order valence-corrected chi connectivity index (χ3v) is 3.47. The molecule has 0 atom stereocenters. The minimum absolute atomic E-state index is 0.345. The highest BCUT2D eigenvalue weighted by Gasteiger charge is 2.05. The van der Waals surface area contributed by atoms with Gasteiger partial charge in [0.1, 0.15) is 12.7 Å². The third kappa shape index (κ3) is 4.08. The smallest absolute Gasteiger partial charge is 0.308 e. The first-order valence-electron chi connectivity index (χ1n) is 6.94. The number of aromatic nitrogens is 3. The summed E-state index contributed by atoms with van der Waals surface area (Å²) >= 11 is 6.00. The number of hydrogen-bond donors (Lipinski definition) is 2. The molecule has 2 aromatic carbocycles. The number of anilines is 2. The maximum Gasteiger partial charge on any atom is 0.323 e. The summed E-state index contributed by atoms with van der Waals surface area (Å²) in [5.41, 5.74) is 2.32. The van der Waals surface area contributed by atoms with Gasteiger partial charge >= 0.3 is 6.03 Å². The summed E-state index contributed by atoms with van der Waals surface area (Å²) in [6, 6.07) is 14.2. The quantitative estimate of drug-likeness (QED) is 0.768. The van der Waals surface area contributed by atoms with Crippen molar-refractivity contribution < 1.29 is 4.79 Å². The van der Waals surface area contributed by atoms with Crippen LogP contribution in [0, 0.1) is 0 Å². The number of nitrogens with one attached hydrogen (secondary N) is 2. The lowest BCUT2D eigenvalue weighted by molar-refractivity contribution is 0.262. The summed E-state index contributed by atoms with van der Waals surface area (Å²) in [6.45, 7) is 0.631. The monoisotopic (exact) mass is 327 g/mol. The van der Waals surface area contributed by atoms with Crippen molar-refractivity contribution in [1.82, 2.24) is 14.8 Å². The summed E-state index contributed by atoms with van der Waals surface area (Å²) in [4.78, 5) is 15.9. The van der Waals surface area contributed by atoms with Crippen molar-refractivity contribution in [3.63, 3.8) is 0 Å². The van der Waals surface area contributed by atoms with Crippen molar-refractivity contribution in [1.29, 1.82) is 0 Å². The van der Waals surface area contributed by atoms with Crippen LogP contribution in [0.25, 0.3) is 0 Å². The molecule has 0 aliphatic carbocycles. The van der Waals surface area contributed by atoms with Crippen molar-refractivity contribution in [3.8, 4) is 0 Å². The summed E-state index contributed by atoms with van der Waals surface area (Å²) in [5.74, 6) is 0. The largest absolute Gasteiger partial charge is 0.323 e. The Balaban J connectivity index is 1.59. The molecule has 23 heavy (non-hydrogen) atoms. The van der Waals surface area contributed by atoms with E-state index in [0.717, 1.165) is 5.56 Å². The van der Waals surface area contributed by atoms with Crippen LogP contribution in [0.5, 0.6) is 0 Å². The summed E-state index contributed by atoms with van der Waals surface area (Å²) in [6.07, 6.45) is 3.15. The molecular formula is C16H14ClN5O. The number of carbonyl (C=O) groups is 1. The Morgan fingerprint density at radius 3 is 2.57 bits per heavy atom. The lowest BCUT2D eigenvalue weighted by atomic mass is 10.2. The Hall–Kier alpha value is -2.86. The Morgan fingerprint density at radius 1 is 1.09 bits per heavy atom. The molecule has 0 aliphatic rings. The van der Waals surface area contributed by atoms with E-state index in [-0.39, 0.29) is 6.03 Å². The van der Waals surface area contributed by atoms with Gasteiger partial charge in [0.2, 0.25) is 0 Å². The first-order valence-corrected chi connectivity index (χ1v) is 7.32. The molecule has 3 rings (SSSR count). The van der Waals surface area contributed by atoms with Crippen LogP contribution in [0.1, 0.15) is 5.56 Å². The highest BCUT2D eigenvalue weighted by Crippen LogP contribution is 2.20. The van der Waals surface area contributed by atoms with Crippen LogP contribution in [-0.4, -0.2) is 20.8 Å². The average Bonchev–Trinajstić information content (AvgIpc) is 3.04. The number of rotatable bonds is 4. The van der Waals surface area contributed by atoms with Crippen molar-refractivity contribution in [2.24, 2.45) is 0 Å². The van der Waals surface area contributed by atoms with Gasteiger partial charge in [0, 0.05) is 5.69 Å². The van der Waals surface area contributed by atoms with E-state index in [0.29, 0.717) is 22.9 Å². The van der Waals surface area contributed by atoms with Crippen LogP contribution in [0.2, 0.25) is 5.02 Å². The summed E-state index contributed by atoms with van der Waals surface area (Å²) in [7, 11) is 0. The first kappa shape index (κ1) is 15.1. The zero-order valence-electron chi connectivity index (χ0n) is 12.1. The second kappa shape index (κ2) is 6.93. The highest BCUT2D eigenvalue weighted by molar-refractivity contribution is 6.33. The van der Waals surface area contributed by atoms with Gasteiger partial charge in [-0.3, -0.25) is 0 Å². The molecule has 116 valence electrons. The van der Waals surface area contributed by atoms with Gasteiger partial charge in [0.15, 0.2) is 0 Å². The van der Waals surface area contributed by atoms with E-state index in [1.54, 1.807) is 35.3 Å². The summed E-state index contributed by atoms with van der Waals surface area (Å²) < 4.78 is 1.73. The molecule has 0 fully saturated rings. The molecule has 0 aliphatic heterocycles. The maximum absolute atomic E-state index is 12.0. The molecule has 0 bridgehead atoms. The second-order valence-electron chi connectivity index (χ2n) is 4.85. The lowest BCUT2D eigenvalue weighted by Gasteiger charge is -2.09. The van der Waals surface area contributed by atoms with Gasteiger partial charge in [-0.1, -0.05) is 35.9 Å². The fourth-order valence-corrected chi connectivity index (χ4v) is 2.23. The molecule has 2 N–H and O–H groups in total. The normalized spacial score (nSPS) is 10.3. The topological polar surface area (TPSA) is 71.8 Å². The molecular weight excluding hydrogens is 314 g/mol. The number of hydrogen-bond acceptors (Lipinski definition) is 3. The van der Waals surface area contributed by atoms with Crippen LogP contribution in [-0.2, 0) is 6.54 Å². The SMILES string of the molecule is O=C(Nc1ccc(Cn2cncn2)cc1)Nc1ccccc1Cl. The van der Waals surface area contributed by atoms with E-state index < -0.39 is 0 Å². The van der Waals surface area contributed by atoms with Crippen LogP contribution in [0.3, 0.4) is 0 Å². The van der Waals surface area contributed by atoms with Crippen molar-refractivity contribution in [3.05, 3.63) is 71.8 Å². The summed E-state index contributed by atoms with van der Waals surface area (Å²) in [5, 5.41) is 10.0. The Kier molecular flexibility index (Phi) is 4.54. The minimum atomic E-state index is -0.345. The van der Waals surface area contributed by atoms with E-state index in [9.17, 15) is 4.79 Å². The van der Waals surface area contributed by atoms with Gasteiger partial charge in [-0.05, 0) is 29.8 Å².